The SMILES string of the molecule is CN(C)C(=O)Oc1ccc([C@@H](CCOc2ccc([N+](=O)[O-])cc2Cl)N(C)C)cc1. The first-order valence-electron chi connectivity index (χ1n) is 8.91. The van der Waals surface area contributed by atoms with Crippen LogP contribution in [0.1, 0.15) is 18.0 Å². The van der Waals surface area contributed by atoms with Crippen molar-refractivity contribution in [1.82, 2.24) is 9.80 Å². The minimum Gasteiger partial charge on any atom is -0.492 e. The summed E-state index contributed by atoms with van der Waals surface area (Å²) in [5.41, 5.74) is 0.960. The van der Waals surface area contributed by atoms with Gasteiger partial charge in [-0.1, -0.05) is 23.7 Å². The number of nitro groups is 1. The van der Waals surface area contributed by atoms with E-state index in [0.29, 0.717) is 24.5 Å². The molecule has 156 valence electrons. The Bertz CT molecular complexity index is 856. The summed E-state index contributed by atoms with van der Waals surface area (Å²) in [6.07, 6.45) is 0.229. The fourth-order valence-electron chi connectivity index (χ4n) is 2.67. The fraction of sp³-hybridized carbons (Fsp3) is 0.350. The molecule has 0 unspecified atom stereocenters. The molecule has 0 N–H and O–H groups in total. The largest absolute Gasteiger partial charge is 0.492 e. The van der Waals surface area contributed by atoms with Crippen molar-refractivity contribution in [3.63, 3.8) is 0 Å². The van der Waals surface area contributed by atoms with Crippen LogP contribution in [0.25, 0.3) is 0 Å². The molecule has 0 fully saturated rings. The summed E-state index contributed by atoms with van der Waals surface area (Å²) in [6.45, 7) is 0.373. The van der Waals surface area contributed by atoms with E-state index >= 15 is 0 Å². The Morgan fingerprint density at radius 2 is 1.79 bits per heavy atom. The van der Waals surface area contributed by atoms with Crippen molar-refractivity contribution in [1.29, 1.82) is 0 Å². The van der Waals surface area contributed by atoms with E-state index in [1.807, 2.05) is 26.2 Å². The van der Waals surface area contributed by atoms with E-state index < -0.39 is 11.0 Å². The van der Waals surface area contributed by atoms with Crippen LogP contribution in [-0.2, 0) is 0 Å². The molecule has 0 saturated heterocycles. The monoisotopic (exact) mass is 421 g/mol. The van der Waals surface area contributed by atoms with Gasteiger partial charge in [-0.3, -0.25) is 10.1 Å². The van der Waals surface area contributed by atoms with Gasteiger partial charge >= 0.3 is 6.09 Å². The van der Waals surface area contributed by atoms with Gasteiger partial charge in [-0.05, 0) is 37.9 Å². The summed E-state index contributed by atoms with van der Waals surface area (Å²) in [5, 5.41) is 11.0. The Kier molecular flexibility index (Phi) is 7.81. The highest BCUT2D eigenvalue weighted by atomic mass is 35.5. The summed E-state index contributed by atoms with van der Waals surface area (Å²) >= 11 is 6.06. The number of nitro benzene ring substituents is 1. The Balaban J connectivity index is 2.00. The number of non-ortho nitro benzene ring substituents is 1. The first-order chi connectivity index (χ1) is 13.7. The van der Waals surface area contributed by atoms with Crippen LogP contribution in [-0.4, -0.2) is 55.6 Å². The molecule has 0 heterocycles. The standard InChI is InChI=1S/C20H24ClN3O5/c1-22(2)18(14-5-8-16(9-6-14)29-20(25)23(3)4)11-12-28-19-10-7-15(24(26)27)13-17(19)21/h5-10,13,18H,11-12H2,1-4H3/t18-/m1/s1. The minimum atomic E-state index is -0.503. The molecule has 1 amide bonds. The topological polar surface area (TPSA) is 85.1 Å². The second-order valence-corrected chi connectivity index (χ2v) is 7.23. The number of nitrogens with zero attached hydrogens (tertiary/aromatic N) is 3. The zero-order chi connectivity index (χ0) is 21.6. The molecule has 2 aromatic rings. The molecule has 1 atom stereocenters. The van der Waals surface area contributed by atoms with Crippen LogP contribution in [0, 0.1) is 10.1 Å². The smallest absolute Gasteiger partial charge is 0.414 e. The number of halogens is 1. The van der Waals surface area contributed by atoms with E-state index in [2.05, 4.69) is 4.90 Å². The number of ether oxygens (including phenoxy) is 2. The van der Waals surface area contributed by atoms with Gasteiger partial charge < -0.3 is 19.3 Å². The van der Waals surface area contributed by atoms with Crippen LogP contribution in [0.3, 0.4) is 0 Å². The van der Waals surface area contributed by atoms with Crippen molar-refractivity contribution in [2.45, 2.75) is 12.5 Å². The average molecular weight is 422 g/mol. The maximum atomic E-state index is 11.6. The molecule has 0 aliphatic rings. The highest BCUT2D eigenvalue weighted by Crippen LogP contribution is 2.30. The maximum Gasteiger partial charge on any atom is 0.414 e. The third-order valence-corrected chi connectivity index (χ3v) is 4.53. The zero-order valence-corrected chi connectivity index (χ0v) is 17.5. The lowest BCUT2D eigenvalue weighted by molar-refractivity contribution is -0.384. The van der Waals surface area contributed by atoms with Gasteiger partial charge in [0.2, 0.25) is 0 Å². The van der Waals surface area contributed by atoms with E-state index in [-0.39, 0.29) is 16.8 Å². The van der Waals surface area contributed by atoms with E-state index in [4.69, 9.17) is 21.1 Å². The summed E-state index contributed by atoms with van der Waals surface area (Å²) in [6, 6.07) is 11.5. The van der Waals surface area contributed by atoms with E-state index in [1.54, 1.807) is 26.2 Å². The van der Waals surface area contributed by atoms with Gasteiger partial charge in [0.15, 0.2) is 0 Å². The molecule has 2 aromatic carbocycles. The van der Waals surface area contributed by atoms with Crippen LogP contribution >= 0.6 is 11.6 Å². The second kappa shape index (κ2) is 10.1. The molecule has 0 bridgehead atoms. The third kappa shape index (κ3) is 6.33. The second-order valence-electron chi connectivity index (χ2n) is 6.82. The highest BCUT2D eigenvalue weighted by molar-refractivity contribution is 6.32. The van der Waals surface area contributed by atoms with E-state index in [1.165, 1.54) is 23.1 Å². The lowest BCUT2D eigenvalue weighted by Gasteiger charge is -2.25. The van der Waals surface area contributed by atoms with E-state index in [0.717, 1.165) is 5.56 Å². The van der Waals surface area contributed by atoms with Gasteiger partial charge in [0.25, 0.3) is 5.69 Å². The Hall–Kier alpha value is -2.84. The zero-order valence-electron chi connectivity index (χ0n) is 16.8. The Morgan fingerprint density at radius 3 is 2.31 bits per heavy atom. The van der Waals surface area contributed by atoms with Crippen LogP contribution < -0.4 is 9.47 Å². The predicted molar refractivity (Wildman–Crippen MR) is 111 cm³/mol. The number of carbonyl (C=O) groups is 1. The lowest BCUT2D eigenvalue weighted by atomic mass is 10.0. The molecule has 2 rings (SSSR count). The Labute approximate surface area is 174 Å². The molecule has 29 heavy (non-hydrogen) atoms. The first-order valence-corrected chi connectivity index (χ1v) is 9.29. The van der Waals surface area contributed by atoms with Gasteiger partial charge in [0, 0.05) is 38.7 Å². The summed E-state index contributed by atoms with van der Waals surface area (Å²) in [7, 11) is 7.17. The van der Waals surface area contributed by atoms with Gasteiger partial charge in [0.05, 0.1) is 16.6 Å². The number of benzene rings is 2. The molecular weight excluding hydrogens is 398 g/mol. The molecule has 0 radical (unpaired) electrons. The van der Waals surface area contributed by atoms with Gasteiger partial charge in [0.1, 0.15) is 11.5 Å². The molecule has 8 nitrogen and oxygen atoms in total. The molecule has 0 aliphatic carbocycles. The summed E-state index contributed by atoms with van der Waals surface area (Å²) in [5.74, 6) is 0.875. The number of hydrogen-bond acceptors (Lipinski definition) is 6. The average Bonchev–Trinajstić information content (AvgIpc) is 2.66. The van der Waals surface area contributed by atoms with Crippen molar-refractivity contribution >= 4 is 23.4 Å². The van der Waals surface area contributed by atoms with Crippen LogP contribution in [0.4, 0.5) is 10.5 Å². The maximum absolute atomic E-state index is 11.6. The van der Waals surface area contributed by atoms with Crippen molar-refractivity contribution in [2.75, 3.05) is 34.8 Å². The molecule has 0 aliphatic heterocycles. The highest BCUT2D eigenvalue weighted by Gasteiger charge is 2.16. The van der Waals surface area contributed by atoms with Gasteiger partial charge in [-0.2, -0.15) is 0 Å². The van der Waals surface area contributed by atoms with Gasteiger partial charge in [-0.25, -0.2) is 4.79 Å². The van der Waals surface area contributed by atoms with Crippen LogP contribution in [0.15, 0.2) is 42.5 Å². The molecule has 0 spiro atoms. The van der Waals surface area contributed by atoms with Crippen molar-refractivity contribution in [3.8, 4) is 11.5 Å². The normalized spacial score (nSPS) is 11.8. The van der Waals surface area contributed by atoms with E-state index in [9.17, 15) is 14.9 Å². The summed E-state index contributed by atoms with van der Waals surface area (Å²) in [4.78, 5) is 25.3. The van der Waals surface area contributed by atoms with Crippen molar-refractivity contribution < 1.29 is 19.2 Å². The lowest BCUT2D eigenvalue weighted by Crippen LogP contribution is -2.25. The predicted octanol–water partition coefficient (Wildman–Crippen LogP) is 4.38. The van der Waals surface area contributed by atoms with Crippen LogP contribution in [0.2, 0.25) is 5.02 Å². The number of hydrogen-bond donors (Lipinski definition) is 0. The first kappa shape index (κ1) is 22.4. The summed E-state index contributed by atoms with van der Waals surface area (Å²) < 4.78 is 11.0. The van der Waals surface area contributed by atoms with Crippen molar-refractivity contribution in [2.24, 2.45) is 0 Å². The minimum absolute atomic E-state index is 0.0606. The number of carbonyl (C=O) groups excluding carboxylic acids is 1. The van der Waals surface area contributed by atoms with Crippen molar-refractivity contribution in [3.05, 3.63) is 63.2 Å². The van der Waals surface area contributed by atoms with Gasteiger partial charge in [-0.15, -0.1) is 0 Å². The molecular formula is C20H24ClN3O5. The quantitative estimate of drug-likeness (QED) is 0.464. The Morgan fingerprint density at radius 1 is 1.14 bits per heavy atom. The molecule has 9 heteroatoms. The number of rotatable bonds is 8. The molecule has 0 aromatic heterocycles. The molecule has 0 saturated carbocycles. The third-order valence-electron chi connectivity index (χ3n) is 4.23. The fourth-order valence-corrected chi connectivity index (χ4v) is 2.90. The van der Waals surface area contributed by atoms with Crippen LogP contribution in [0.5, 0.6) is 11.5 Å². The number of amides is 1.